The van der Waals surface area contributed by atoms with E-state index in [2.05, 4.69) is 24.6 Å². The van der Waals surface area contributed by atoms with Crippen LogP contribution in [0.3, 0.4) is 0 Å². The number of fused-ring (bicyclic) bond motifs is 3. The van der Waals surface area contributed by atoms with E-state index in [-0.39, 0.29) is 0 Å². The third-order valence-electron chi connectivity index (χ3n) is 3.22. The lowest BCUT2D eigenvalue weighted by Crippen LogP contribution is -2.00. The normalized spacial score (nSPS) is 15.8. The monoisotopic (exact) mass is 225 g/mol. The minimum absolute atomic E-state index is 0.553. The van der Waals surface area contributed by atoms with Crippen LogP contribution in [0.5, 0.6) is 0 Å². The van der Waals surface area contributed by atoms with Crippen molar-refractivity contribution >= 4 is 16.8 Å². The Hall–Kier alpha value is -2.04. The van der Waals surface area contributed by atoms with Crippen molar-refractivity contribution in [1.82, 2.24) is 24.6 Å². The van der Waals surface area contributed by atoms with E-state index in [0.717, 1.165) is 28.3 Å². The van der Waals surface area contributed by atoms with Crippen LogP contribution in [-0.4, -0.2) is 24.6 Å². The highest BCUT2D eigenvalue weighted by Crippen LogP contribution is 2.39. The van der Waals surface area contributed by atoms with Crippen molar-refractivity contribution in [3.63, 3.8) is 0 Å². The summed E-state index contributed by atoms with van der Waals surface area (Å²) in [5.41, 5.74) is 3.50. The Bertz CT molecular complexity index is 726. The molecule has 84 valence electrons. The van der Waals surface area contributed by atoms with Gasteiger partial charge in [0.15, 0.2) is 11.3 Å². The third kappa shape index (κ3) is 1.19. The maximum Gasteiger partial charge on any atom is 0.184 e. The van der Waals surface area contributed by atoms with Crippen LogP contribution >= 0.6 is 0 Å². The maximum absolute atomic E-state index is 4.51. The molecule has 0 unspecified atom stereocenters. The number of rotatable bonds is 1. The Morgan fingerprint density at radius 2 is 2.12 bits per heavy atom. The van der Waals surface area contributed by atoms with Crippen LogP contribution in [0.25, 0.3) is 16.8 Å². The molecule has 17 heavy (non-hydrogen) atoms. The first kappa shape index (κ1) is 9.04. The Morgan fingerprint density at radius 1 is 1.24 bits per heavy atom. The van der Waals surface area contributed by atoms with Crippen molar-refractivity contribution in [2.75, 3.05) is 0 Å². The van der Waals surface area contributed by atoms with Crippen LogP contribution in [0.4, 0.5) is 0 Å². The summed E-state index contributed by atoms with van der Waals surface area (Å²) in [6, 6.07) is 3.88. The molecule has 0 aromatic carbocycles. The Morgan fingerprint density at radius 3 is 2.94 bits per heavy atom. The van der Waals surface area contributed by atoms with Crippen LogP contribution in [0.15, 0.2) is 18.3 Å². The smallest absolute Gasteiger partial charge is 0.184 e. The number of aryl methyl sites for hydroxylation is 1. The molecule has 4 rings (SSSR count). The number of hydrogen-bond donors (Lipinski definition) is 0. The molecule has 0 radical (unpaired) electrons. The van der Waals surface area contributed by atoms with E-state index in [9.17, 15) is 0 Å². The fourth-order valence-electron chi connectivity index (χ4n) is 2.22. The highest BCUT2D eigenvalue weighted by Gasteiger charge is 2.29. The summed E-state index contributed by atoms with van der Waals surface area (Å²) in [5, 5.41) is 8.54. The number of nitrogens with zero attached hydrogens (tertiary/aromatic N) is 5. The summed E-state index contributed by atoms with van der Waals surface area (Å²) in [6.07, 6.45) is 4.20. The van der Waals surface area contributed by atoms with E-state index in [4.69, 9.17) is 0 Å². The molecular weight excluding hydrogens is 214 g/mol. The minimum atomic E-state index is 0.553. The van der Waals surface area contributed by atoms with Gasteiger partial charge in [-0.05, 0) is 31.9 Å². The van der Waals surface area contributed by atoms with Crippen molar-refractivity contribution in [2.24, 2.45) is 0 Å². The van der Waals surface area contributed by atoms with Gasteiger partial charge in [-0.3, -0.25) is 4.40 Å². The average molecular weight is 225 g/mol. The standard InChI is InChI=1S/C12H11N5/c1-7-10-15-16-11(8-4-5-8)17(10)12-9(14-7)3-2-6-13-12/h2-3,6,8H,4-5H2,1H3. The molecule has 1 fully saturated rings. The van der Waals surface area contributed by atoms with Gasteiger partial charge in [-0.1, -0.05) is 0 Å². The van der Waals surface area contributed by atoms with Gasteiger partial charge in [0.05, 0.1) is 5.69 Å². The molecule has 0 atom stereocenters. The van der Waals surface area contributed by atoms with E-state index < -0.39 is 0 Å². The summed E-state index contributed by atoms with van der Waals surface area (Å²) in [4.78, 5) is 8.93. The van der Waals surface area contributed by atoms with Gasteiger partial charge in [-0.2, -0.15) is 0 Å². The Kier molecular flexibility index (Phi) is 1.59. The van der Waals surface area contributed by atoms with E-state index in [1.807, 2.05) is 19.1 Å². The van der Waals surface area contributed by atoms with E-state index in [1.54, 1.807) is 6.20 Å². The lowest BCUT2D eigenvalue weighted by Gasteiger charge is -2.04. The van der Waals surface area contributed by atoms with Crippen LogP contribution in [0, 0.1) is 6.92 Å². The lowest BCUT2D eigenvalue weighted by molar-refractivity contribution is 0.903. The van der Waals surface area contributed by atoms with E-state index >= 15 is 0 Å². The molecule has 0 amide bonds. The van der Waals surface area contributed by atoms with Gasteiger partial charge >= 0.3 is 0 Å². The summed E-state index contributed by atoms with van der Waals surface area (Å²) in [5.74, 6) is 1.59. The van der Waals surface area contributed by atoms with Crippen LogP contribution in [0.2, 0.25) is 0 Å². The fraction of sp³-hybridized carbons (Fsp3) is 0.333. The molecule has 3 aromatic rings. The predicted octanol–water partition coefficient (Wildman–Crippen LogP) is 1.86. The number of aromatic nitrogens is 5. The maximum atomic E-state index is 4.51. The molecule has 1 aliphatic carbocycles. The van der Waals surface area contributed by atoms with Gasteiger partial charge in [0, 0.05) is 12.1 Å². The van der Waals surface area contributed by atoms with Gasteiger partial charge in [-0.25, -0.2) is 9.97 Å². The molecular formula is C12H11N5. The molecule has 0 saturated heterocycles. The van der Waals surface area contributed by atoms with Gasteiger partial charge < -0.3 is 0 Å². The largest absolute Gasteiger partial charge is 0.259 e. The topological polar surface area (TPSA) is 56.0 Å². The molecule has 5 nitrogen and oxygen atoms in total. The molecule has 0 bridgehead atoms. The van der Waals surface area contributed by atoms with Gasteiger partial charge in [0.1, 0.15) is 11.3 Å². The molecule has 0 spiro atoms. The number of hydrogen-bond acceptors (Lipinski definition) is 4. The zero-order valence-electron chi connectivity index (χ0n) is 9.46. The highest BCUT2D eigenvalue weighted by atomic mass is 15.3. The van der Waals surface area contributed by atoms with Gasteiger partial charge in [-0.15, -0.1) is 10.2 Å². The number of pyridine rings is 1. The third-order valence-corrected chi connectivity index (χ3v) is 3.22. The second-order valence-corrected chi connectivity index (χ2v) is 4.53. The van der Waals surface area contributed by atoms with E-state index in [1.165, 1.54) is 12.8 Å². The Labute approximate surface area is 97.5 Å². The summed E-state index contributed by atoms with van der Waals surface area (Å²) in [6.45, 7) is 1.97. The van der Waals surface area contributed by atoms with Crippen LogP contribution in [-0.2, 0) is 0 Å². The zero-order chi connectivity index (χ0) is 11.4. The zero-order valence-corrected chi connectivity index (χ0v) is 9.46. The van der Waals surface area contributed by atoms with Crippen molar-refractivity contribution in [3.8, 4) is 0 Å². The molecule has 1 saturated carbocycles. The molecule has 3 heterocycles. The predicted molar refractivity (Wildman–Crippen MR) is 62.8 cm³/mol. The van der Waals surface area contributed by atoms with Crippen molar-refractivity contribution in [2.45, 2.75) is 25.7 Å². The summed E-state index contributed by atoms with van der Waals surface area (Å²) < 4.78 is 2.06. The first-order valence-corrected chi connectivity index (χ1v) is 5.81. The molecule has 5 heteroatoms. The van der Waals surface area contributed by atoms with Crippen molar-refractivity contribution in [1.29, 1.82) is 0 Å². The molecule has 3 aromatic heterocycles. The lowest BCUT2D eigenvalue weighted by atomic mass is 10.3. The highest BCUT2D eigenvalue weighted by molar-refractivity contribution is 5.74. The van der Waals surface area contributed by atoms with E-state index in [0.29, 0.717) is 5.92 Å². The first-order chi connectivity index (χ1) is 8.34. The van der Waals surface area contributed by atoms with Gasteiger partial charge in [0.2, 0.25) is 0 Å². The quantitative estimate of drug-likeness (QED) is 0.634. The molecule has 0 aliphatic heterocycles. The fourth-order valence-corrected chi connectivity index (χ4v) is 2.22. The summed E-state index contributed by atoms with van der Waals surface area (Å²) in [7, 11) is 0. The van der Waals surface area contributed by atoms with Crippen molar-refractivity contribution < 1.29 is 0 Å². The second-order valence-electron chi connectivity index (χ2n) is 4.53. The van der Waals surface area contributed by atoms with Crippen LogP contribution < -0.4 is 0 Å². The SMILES string of the molecule is Cc1nc2cccnc2n2c(C3CC3)nnc12. The van der Waals surface area contributed by atoms with Crippen molar-refractivity contribution in [3.05, 3.63) is 29.8 Å². The van der Waals surface area contributed by atoms with Crippen LogP contribution in [0.1, 0.15) is 30.3 Å². The summed E-state index contributed by atoms with van der Waals surface area (Å²) >= 11 is 0. The molecule has 1 aliphatic rings. The molecule has 0 N–H and O–H groups in total. The average Bonchev–Trinajstić information content (AvgIpc) is 3.08. The second kappa shape index (κ2) is 3.00. The first-order valence-electron chi connectivity index (χ1n) is 5.81. The minimum Gasteiger partial charge on any atom is -0.259 e. The van der Waals surface area contributed by atoms with Gasteiger partial charge in [0.25, 0.3) is 0 Å². The Balaban J connectivity index is 2.23.